The molecule has 0 atom stereocenters. The van der Waals surface area contributed by atoms with Crippen LogP contribution in [-0.2, 0) is 64.3 Å². The molecule has 0 unspecified atom stereocenters. The number of rotatable bonds is 20. The Balaban J connectivity index is 1.25. The van der Waals surface area contributed by atoms with Crippen LogP contribution in [0.1, 0.15) is 132 Å². The first-order valence-corrected chi connectivity index (χ1v) is 30.6. The standard InChI is InChI=1S/C72H86N8O8/c1-69(2,3)65(81)85-41-17-37-77-33-13-21-49(45-77)61-53-25-27-55(73-53)62(50-22-14-34-78(46-50)38-18-42-86-66(82)70(4,5)6)57-29-31-59(75-57)64(52-24-16-36-80(48-52)40-20-44-88-68(84)72(10,11)12)60-32-30-58(76-60)63(56-28-26-54(61)74-56)51-23-15-35-79(47-51)39-19-43-87-67(83)71(7,8)9/h13-16,21-36,45-48,73,76H,17-20,37-44H2,1-12H3/q+4. The Morgan fingerprint density at radius 1 is 0.352 bits per heavy atom. The number of ether oxygens (including phenoxy) is 4. The molecule has 0 spiro atoms. The van der Waals surface area contributed by atoms with Crippen LogP contribution >= 0.6 is 0 Å². The summed E-state index contributed by atoms with van der Waals surface area (Å²) < 4.78 is 31.2. The molecule has 2 aliphatic heterocycles. The van der Waals surface area contributed by atoms with E-state index in [0.29, 0.717) is 78.3 Å². The summed E-state index contributed by atoms with van der Waals surface area (Å²) in [5.74, 6) is -0.922. The SMILES string of the molecule is CC(C)(C)C(=O)OCCC[n+]1cccc(-c2c3nc(c(-c4ccc[n+](CCCOC(=O)C(C)(C)C)c4)c4ccc([nH]4)c(-c4ccc[n+](CCCOC(=O)C(C)(C)C)c4)c4nc(c(-c5ccc[n+](CCCOC(=O)C(C)(C)C)c5)c5ccc2[nH]5)C=C4)C=C3)c1. The van der Waals surface area contributed by atoms with Crippen molar-refractivity contribution in [3.8, 4) is 44.5 Å². The van der Waals surface area contributed by atoms with Crippen LogP contribution in [0.3, 0.4) is 0 Å². The lowest BCUT2D eigenvalue weighted by Crippen LogP contribution is -2.34. The van der Waals surface area contributed by atoms with Gasteiger partial charge in [0.05, 0.1) is 70.9 Å². The molecule has 9 heterocycles. The highest BCUT2D eigenvalue weighted by molar-refractivity contribution is 5.99. The zero-order valence-electron chi connectivity index (χ0n) is 53.3. The Kier molecular flexibility index (Phi) is 19.5. The third kappa shape index (κ3) is 16.0. The van der Waals surface area contributed by atoms with Crippen molar-refractivity contribution in [2.24, 2.45) is 21.7 Å². The average molecular weight is 1190 g/mol. The van der Waals surface area contributed by atoms with E-state index in [4.69, 9.17) is 28.9 Å². The molecular formula is C72H86N8O8+4. The molecule has 2 N–H and O–H groups in total. The number of pyridine rings is 4. The molecule has 0 aliphatic carbocycles. The fourth-order valence-corrected chi connectivity index (χ4v) is 10.2. The monoisotopic (exact) mass is 1190 g/mol. The topological polar surface area (TPSA) is 178 Å². The third-order valence-corrected chi connectivity index (χ3v) is 15.0. The summed E-state index contributed by atoms with van der Waals surface area (Å²) in [6.07, 6.45) is 27.4. The minimum Gasteiger partial charge on any atom is -0.465 e. The molecule has 7 aromatic rings. The Hall–Kier alpha value is -8.92. The molecule has 88 heavy (non-hydrogen) atoms. The van der Waals surface area contributed by atoms with Crippen molar-refractivity contribution >= 4 is 70.2 Å². The number of hydrogen-bond acceptors (Lipinski definition) is 10. The highest BCUT2D eigenvalue weighted by Gasteiger charge is 2.28. The lowest BCUT2D eigenvalue weighted by Gasteiger charge is -2.16. The Labute approximate surface area is 517 Å². The smallest absolute Gasteiger partial charge is 0.311 e. The fourth-order valence-electron chi connectivity index (χ4n) is 10.2. The van der Waals surface area contributed by atoms with Crippen molar-refractivity contribution in [1.82, 2.24) is 19.9 Å². The van der Waals surface area contributed by atoms with Gasteiger partial charge in [0.25, 0.3) is 0 Å². The zero-order valence-corrected chi connectivity index (χ0v) is 53.3. The summed E-state index contributed by atoms with van der Waals surface area (Å²) in [6.45, 7) is 25.9. The van der Waals surface area contributed by atoms with Gasteiger partial charge in [-0.05, 0) is 156 Å². The van der Waals surface area contributed by atoms with Crippen molar-refractivity contribution in [2.45, 2.75) is 135 Å². The van der Waals surface area contributed by atoms with Gasteiger partial charge in [-0.15, -0.1) is 0 Å². The molecule has 9 rings (SSSR count). The van der Waals surface area contributed by atoms with Gasteiger partial charge in [-0.2, -0.15) is 0 Å². The molecule has 0 aromatic carbocycles. The van der Waals surface area contributed by atoms with Crippen molar-refractivity contribution in [2.75, 3.05) is 26.4 Å². The number of nitrogens with one attached hydrogen (secondary N) is 2. The Morgan fingerprint density at radius 2 is 0.568 bits per heavy atom. The number of aryl methyl sites for hydroxylation is 4. The van der Waals surface area contributed by atoms with E-state index in [9.17, 15) is 19.2 Å². The fraction of sp³-hybridized carbons (Fsp3) is 0.389. The van der Waals surface area contributed by atoms with Gasteiger partial charge < -0.3 is 28.9 Å². The molecule has 0 fully saturated rings. The number of hydrogen-bond donors (Lipinski definition) is 2. The van der Waals surface area contributed by atoms with Gasteiger partial charge in [0, 0.05) is 117 Å². The second kappa shape index (κ2) is 27.0. The molecule has 7 aromatic heterocycles. The predicted molar refractivity (Wildman–Crippen MR) is 342 cm³/mol. The number of carbonyl (C=O) groups is 4. The van der Waals surface area contributed by atoms with Gasteiger partial charge in [0.2, 0.25) is 0 Å². The van der Waals surface area contributed by atoms with Crippen molar-refractivity contribution in [3.05, 3.63) is 145 Å². The Morgan fingerprint density at radius 3 is 0.773 bits per heavy atom. The summed E-state index contributed by atoms with van der Waals surface area (Å²) in [7, 11) is 0. The maximum atomic E-state index is 12.7. The van der Waals surface area contributed by atoms with Crippen LogP contribution < -0.4 is 18.3 Å². The van der Waals surface area contributed by atoms with Crippen LogP contribution in [-0.4, -0.2) is 70.2 Å². The van der Waals surface area contributed by atoms with Gasteiger partial charge in [-0.25, -0.2) is 28.2 Å². The number of esters is 4. The largest absolute Gasteiger partial charge is 0.465 e. The van der Waals surface area contributed by atoms with E-state index >= 15 is 0 Å². The van der Waals surface area contributed by atoms with Gasteiger partial charge in [-0.3, -0.25) is 19.2 Å². The van der Waals surface area contributed by atoms with Crippen LogP contribution in [0.2, 0.25) is 0 Å². The third-order valence-electron chi connectivity index (χ3n) is 15.0. The van der Waals surface area contributed by atoms with E-state index in [1.165, 1.54) is 0 Å². The zero-order chi connectivity index (χ0) is 63.0. The van der Waals surface area contributed by atoms with Crippen LogP contribution in [0, 0.1) is 21.7 Å². The first-order chi connectivity index (χ1) is 41.8. The van der Waals surface area contributed by atoms with E-state index < -0.39 is 21.7 Å². The van der Waals surface area contributed by atoms with E-state index in [1.807, 2.05) is 132 Å². The minimum atomic E-state index is -0.592. The number of fused-ring (bicyclic) bond motifs is 8. The van der Waals surface area contributed by atoms with Crippen LogP contribution in [0.15, 0.2) is 122 Å². The summed E-state index contributed by atoms with van der Waals surface area (Å²) >= 11 is 0. The maximum absolute atomic E-state index is 12.7. The molecule has 2 aliphatic rings. The van der Waals surface area contributed by atoms with Gasteiger partial charge in [-0.1, -0.05) is 0 Å². The van der Waals surface area contributed by atoms with Crippen molar-refractivity contribution in [3.63, 3.8) is 0 Å². The quantitative estimate of drug-likeness (QED) is 0.0323. The molecule has 8 bridgehead atoms. The molecule has 0 saturated carbocycles. The molecule has 0 radical (unpaired) electrons. The minimum absolute atomic E-state index is 0.230. The van der Waals surface area contributed by atoms with Crippen molar-refractivity contribution < 1.29 is 56.4 Å². The number of H-pyrrole nitrogens is 2. The molecule has 16 heteroatoms. The average Bonchev–Trinajstić information content (AvgIpc) is 3.53. The second-order valence-corrected chi connectivity index (χ2v) is 26.8. The van der Waals surface area contributed by atoms with Crippen LogP contribution in [0.5, 0.6) is 0 Å². The summed E-state index contributed by atoms with van der Waals surface area (Å²) in [5, 5.41) is 0. The van der Waals surface area contributed by atoms with E-state index in [-0.39, 0.29) is 23.9 Å². The summed E-state index contributed by atoms with van der Waals surface area (Å²) in [6, 6.07) is 25.0. The first kappa shape index (κ1) is 63.6. The van der Waals surface area contributed by atoms with Gasteiger partial charge in [0.1, 0.15) is 0 Å². The highest BCUT2D eigenvalue weighted by Crippen LogP contribution is 2.38. The lowest BCUT2D eigenvalue weighted by atomic mass is 9.97. The molecule has 458 valence electrons. The van der Waals surface area contributed by atoms with E-state index in [0.717, 1.165) is 89.4 Å². The number of carbonyl (C=O) groups excluding carboxylic acids is 4. The number of aromatic nitrogens is 8. The first-order valence-electron chi connectivity index (χ1n) is 30.6. The number of nitrogens with zero attached hydrogens (tertiary/aromatic N) is 6. The van der Waals surface area contributed by atoms with Gasteiger partial charge in [0.15, 0.2) is 75.8 Å². The second-order valence-electron chi connectivity index (χ2n) is 26.8. The summed E-state index contributed by atoms with van der Waals surface area (Å²) in [5.41, 5.74) is 11.1. The molecule has 0 amide bonds. The maximum Gasteiger partial charge on any atom is 0.311 e. The van der Waals surface area contributed by atoms with Crippen molar-refractivity contribution in [1.29, 1.82) is 0 Å². The normalized spacial score (nSPS) is 12.5. The van der Waals surface area contributed by atoms with Gasteiger partial charge >= 0.3 is 23.9 Å². The van der Waals surface area contributed by atoms with E-state index in [1.54, 1.807) is 0 Å². The molecular weight excluding hydrogens is 1100 g/mol. The number of aromatic amines is 2. The van der Waals surface area contributed by atoms with Crippen LogP contribution in [0.4, 0.5) is 0 Å². The highest BCUT2D eigenvalue weighted by atomic mass is 16.5. The molecule has 16 nitrogen and oxygen atoms in total. The predicted octanol–water partition coefficient (Wildman–Crippen LogP) is 12.4. The molecule has 0 saturated heterocycles. The van der Waals surface area contributed by atoms with E-state index in [2.05, 4.69) is 126 Å². The van der Waals surface area contributed by atoms with Crippen LogP contribution in [0.25, 0.3) is 90.9 Å². The lowest BCUT2D eigenvalue weighted by molar-refractivity contribution is -0.697. The summed E-state index contributed by atoms with van der Waals surface area (Å²) in [4.78, 5) is 69.7. The Bertz CT molecular complexity index is 3470.